The number of hydrogen-bond acceptors (Lipinski definition) is 1. The Hall–Kier alpha value is -0.0400. The van der Waals surface area contributed by atoms with Gasteiger partial charge in [0.1, 0.15) is 0 Å². The molecule has 1 fully saturated rings. The van der Waals surface area contributed by atoms with Gasteiger partial charge in [0.05, 0.1) is 0 Å². The van der Waals surface area contributed by atoms with Crippen molar-refractivity contribution in [2.45, 2.75) is 58.4 Å². The van der Waals surface area contributed by atoms with Crippen LogP contribution in [0.15, 0.2) is 0 Å². The minimum atomic E-state index is 0.920. The lowest BCUT2D eigenvalue weighted by molar-refractivity contribution is 0.140. The van der Waals surface area contributed by atoms with Crippen LogP contribution in [0.25, 0.3) is 0 Å². The molecule has 0 aromatic rings. The molecule has 0 N–H and O–H groups in total. The van der Waals surface area contributed by atoms with E-state index in [4.69, 9.17) is 0 Å². The molecule has 1 saturated heterocycles. The summed E-state index contributed by atoms with van der Waals surface area (Å²) in [5, 5.41) is 0. The molecule has 72 valence electrons. The van der Waals surface area contributed by atoms with E-state index < -0.39 is 0 Å². The summed E-state index contributed by atoms with van der Waals surface area (Å²) < 4.78 is 0. The predicted molar refractivity (Wildman–Crippen MR) is 54.4 cm³/mol. The summed E-state index contributed by atoms with van der Waals surface area (Å²) in [7, 11) is 0. The Balaban J connectivity index is 2.31. The Labute approximate surface area is 77.1 Å². The van der Waals surface area contributed by atoms with Crippen LogP contribution in [-0.4, -0.2) is 24.0 Å². The van der Waals surface area contributed by atoms with E-state index >= 15 is 0 Å². The molecular formula is C11H23N. The second kappa shape index (κ2) is 5.58. The first-order valence-electron chi connectivity index (χ1n) is 5.62. The average Bonchev–Trinajstić information content (AvgIpc) is 2.09. The van der Waals surface area contributed by atoms with Crippen LogP contribution in [0.5, 0.6) is 0 Å². The highest BCUT2D eigenvalue weighted by atomic mass is 15.2. The SMILES string of the molecule is CCCC1CCCCN1CCC. The molecule has 0 aromatic heterocycles. The Morgan fingerprint density at radius 1 is 1.17 bits per heavy atom. The van der Waals surface area contributed by atoms with E-state index in [0.717, 1.165) is 6.04 Å². The van der Waals surface area contributed by atoms with E-state index in [2.05, 4.69) is 18.7 Å². The van der Waals surface area contributed by atoms with Gasteiger partial charge < -0.3 is 4.90 Å². The molecule has 1 aliphatic heterocycles. The van der Waals surface area contributed by atoms with E-state index in [-0.39, 0.29) is 0 Å². The Morgan fingerprint density at radius 2 is 2.00 bits per heavy atom. The highest BCUT2D eigenvalue weighted by molar-refractivity contribution is 4.75. The van der Waals surface area contributed by atoms with Gasteiger partial charge >= 0.3 is 0 Å². The zero-order valence-corrected chi connectivity index (χ0v) is 8.68. The quantitative estimate of drug-likeness (QED) is 0.625. The molecule has 0 spiro atoms. The van der Waals surface area contributed by atoms with Crippen LogP contribution in [0.1, 0.15) is 52.4 Å². The van der Waals surface area contributed by atoms with Gasteiger partial charge in [0, 0.05) is 6.04 Å². The van der Waals surface area contributed by atoms with Gasteiger partial charge in [-0.15, -0.1) is 0 Å². The van der Waals surface area contributed by atoms with Gasteiger partial charge in [-0.05, 0) is 38.8 Å². The highest BCUT2D eigenvalue weighted by Crippen LogP contribution is 2.20. The average molecular weight is 169 g/mol. The molecule has 1 rings (SSSR count). The molecular weight excluding hydrogens is 146 g/mol. The Morgan fingerprint density at radius 3 is 2.67 bits per heavy atom. The largest absolute Gasteiger partial charge is 0.300 e. The van der Waals surface area contributed by atoms with Crippen molar-refractivity contribution >= 4 is 0 Å². The molecule has 0 aromatic carbocycles. The normalized spacial score (nSPS) is 26.0. The molecule has 0 amide bonds. The second-order valence-corrected chi connectivity index (χ2v) is 3.97. The first-order chi connectivity index (χ1) is 5.88. The van der Waals surface area contributed by atoms with E-state index in [0.29, 0.717) is 0 Å². The first-order valence-corrected chi connectivity index (χ1v) is 5.62. The van der Waals surface area contributed by atoms with Gasteiger partial charge in [-0.25, -0.2) is 0 Å². The van der Waals surface area contributed by atoms with Crippen molar-refractivity contribution < 1.29 is 0 Å². The molecule has 0 radical (unpaired) electrons. The number of hydrogen-bond donors (Lipinski definition) is 0. The Kier molecular flexibility index (Phi) is 4.67. The van der Waals surface area contributed by atoms with Gasteiger partial charge in [0.15, 0.2) is 0 Å². The zero-order valence-electron chi connectivity index (χ0n) is 8.68. The van der Waals surface area contributed by atoms with Crippen molar-refractivity contribution in [3.63, 3.8) is 0 Å². The number of piperidine rings is 1. The van der Waals surface area contributed by atoms with Crippen molar-refractivity contribution in [1.82, 2.24) is 4.90 Å². The molecule has 0 bridgehead atoms. The fourth-order valence-corrected chi connectivity index (χ4v) is 2.30. The summed E-state index contributed by atoms with van der Waals surface area (Å²) in [6, 6.07) is 0.920. The van der Waals surface area contributed by atoms with Gasteiger partial charge in [-0.1, -0.05) is 26.7 Å². The van der Waals surface area contributed by atoms with Gasteiger partial charge in [0.25, 0.3) is 0 Å². The predicted octanol–water partition coefficient (Wildman–Crippen LogP) is 3.05. The summed E-state index contributed by atoms with van der Waals surface area (Å²) in [4.78, 5) is 2.70. The van der Waals surface area contributed by atoms with E-state index in [1.54, 1.807) is 0 Å². The van der Waals surface area contributed by atoms with Crippen LogP contribution in [0.4, 0.5) is 0 Å². The van der Waals surface area contributed by atoms with Crippen LogP contribution in [0.3, 0.4) is 0 Å². The molecule has 1 heterocycles. The standard InChI is InChI=1S/C11H23N/c1-3-7-11-8-5-6-10-12(11)9-4-2/h11H,3-10H2,1-2H3. The van der Waals surface area contributed by atoms with Crippen LogP contribution in [-0.2, 0) is 0 Å². The maximum atomic E-state index is 2.70. The third-order valence-electron chi connectivity index (χ3n) is 2.88. The first kappa shape index (κ1) is 10.0. The van der Waals surface area contributed by atoms with E-state index in [9.17, 15) is 0 Å². The molecule has 1 aliphatic rings. The van der Waals surface area contributed by atoms with E-state index in [1.807, 2.05) is 0 Å². The van der Waals surface area contributed by atoms with Crippen molar-refractivity contribution in [2.24, 2.45) is 0 Å². The molecule has 12 heavy (non-hydrogen) atoms. The van der Waals surface area contributed by atoms with Crippen LogP contribution >= 0.6 is 0 Å². The molecule has 0 saturated carbocycles. The zero-order chi connectivity index (χ0) is 8.81. The molecule has 1 atom stereocenters. The highest BCUT2D eigenvalue weighted by Gasteiger charge is 2.19. The van der Waals surface area contributed by atoms with Crippen molar-refractivity contribution in [3.05, 3.63) is 0 Å². The van der Waals surface area contributed by atoms with E-state index in [1.165, 1.54) is 51.6 Å². The second-order valence-electron chi connectivity index (χ2n) is 3.97. The summed E-state index contributed by atoms with van der Waals surface area (Å²) in [6.07, 6.45) is 8.43. The third kappa shape index (κ3) is 2.78. The van der Waals surface area contributed by atoms with Crippen molar-refractivity contribution in [2.75, 3.05) is 13.1 Å². The maximum absolute atomic E-state index is 2.70. The summed E-state index contributed by atoms with van der Waals surface area (Å²) in [6.45, 7) is 7.28. The lowest BCUT2D eigenvalue weighted by Gasteiger charge is -2.35. The van der Waals surface area contributed by atoms with Crippen LogP contribution in [0, 0.1) is 0 Å². The van der Waals surface area contributed by atoms with Gasteiger partial charge in [0.2, 0.25) is 0 Å². The number of nitrogens with zero attached hydrogens (tertiary/aromatic N) is 1. The third-order valence-corrected chi connectivity index (χ3v) is 2.88. The van der Waals surface area contributed by atoms with Crippen molar-refractivity contribution in [3.8, 4) is 0 Å². The summed E-state index contributed by atoms with van der Waals surface area (Å²) >= 11 is 0. The van der Waals surface area contributed by atoms with Gasteiger partial charge in [-0.2, -0.15) is 0 Å². The maximum Gasteiger partial charge on any atom is 0.00951 e. The summed E-state index contributed by atoms with van der Waals surface area (Å²) in [5.74, 6) is 0. The minimum Gasteiger partial charge on any atom is -0.300 e. The fraction of sp³-hybridized carbons (Fsp3) is 1.00. The lowest BCUT2D eigenvalue weighted by atomic mass is 9.98. The van der Waals surface area contributed by atoms with Crippen LogP contribution < -0.4 is 0 Å². The molecule has 1 unspecified atom stereocenters. The number of rotatable bonds is 4. The van der Waals surface area contributed by atoms with Gasteiger partial charge in [-0.3, -0.25) is 0 Å². The Bertz CT molecular complexity index is 93.6. The summed E-state index contributed by atoms with van der Waals surface area (Å²) in [5.41, 5.74) is 0. The molecule has 1 heteroatoms. The lowest BCUT2D eigenvalue weighted by Crippen LogP contribution is -2.39. The smallest absolute Gasteiger partial charge is 0.00951 e. The number of likely N-dealkylation sites (tertiary alicyclic amines) is 1. The monoisotopic (exact) mass is 169 g/mol. The molecule has 0 aliphatic carbocycles. The van der Waals surface area contributed by atoms with Crippen LogP contribution in [0.2, 0.25) is 0 Å². The minimum absolute atomic E-state index is 0.920. The van der Waals surface area contributed by atoms with Crippen molar-refractivity contribution in [1.29, 1.82) is 0 Å². The fourth-order valence-electron chi connectivity index (χ4n) is 2.30. The topological polar surface area (TPSA) is 3.24 Å². The molecule has 1 nitrogen and oxygen atoms in total.